The fourth-order valence-corrected chi connectivity index (χ4v) is 1.68. The average Bonchev–Trinajstić information content (AvgIpc) is 2.13. The van der Waals surface area contributed by atoms with E-state index in [-0.39, 0.29) is 17.5 Å². The van der Waals surface area contributed by atoms with Crippen LogP contribution in [0.4, 0.5) is 0 Å². The molecule has 0 aromatic rings. The average molecular weight is 245 g/mol. The molecule has 1 atom stereocenters. The Kier molecular flexibility index (Phi) is 6.13. The van der Waals surface area contributed by atoms with E-state index in [9.17, 15) is 9.90 Å². The maximum Gasteiger partial charge on any atom is 0.312 e. The third kappa shape index (κ3) is 7.34. The highest BCUT2D eigenvalue weighted by Crippen LogP contribution is 2.20. The van der Waals surface area contributed by atoms with Crippen LogP contribution < -0.4 is 5.32 Å². The van der Waals surface area contributed by atoms with Crippen LogP contribution in [0.15, 0.2) is 0 Å². The molecule has 0 rings (SSSR count). The van der Waals surface area contributed by atoms with E-state index < -0.39 is 5.41 Å². The normalized spacial score (nSPS) is 14.5. The first-order valence-corrected chi connectivity index (χ1v) is 6.06. The molecule has 0 fully saturated rings. The molecule has 0 aromatic carbocycles. The predicted octanol–water partition coefficient (Wildman–Crippen LogP) is 1.57. The topological polar surface area (TPSA) is 58.6 Å². The first-order valence-electron chi connectivity index (χ1n) is 6.06. The van der Waals surface area contributed by atoms with Gasteiger partial charge in [-0.3, -0.25) is 4.79 Å². The second kappa shape index (κ2) is 6.36. The number of esters is 1. The number of carbonyl (C=O) groups is 1. The van der Waals surface area contributed by atoms with Gasteiger partial charge in [-0.15, -0.1) is 0 Å². The second-order valence-electron chi connectivity index (χ2n) is 6.42. The third-order valence-electron chi connectivity index (χ3n) is 2.53. The highest BCUT2D eigenvalue weighted by Gasteiger charge is 2.28. The van der Waals surface area contributed by atoms with E-state index in [2.05, 4.69) is 26.1 Å². The second-order valence-corrected chi connectivity index (χ2v) is 6.42. The Balaban J connectivity index is 3.95. The molecule has 0 aliphatic heterocycles. The van der Waals surface area contributed by atoms with Gasteiger partial charge in [-0.1, -0.05) is 20.8 Å². The molecule has 0 saturated carbocycles. The summed E-state index contributed by atoms with van der Waals surface area (Å²) in [6.45, 7) is 10.9. The van der Waals surface area contributed by atoms with Crippen molar-refractivity contribution in [1.29, 1.82) is 0 Å². The summed E-state index contributed by atoms with van der Waals surface area (Å²) >= 11 is 0. The first kappa shape index (κ1) is 16.4. The summed E-state index contributed by atoms with van der Waals surface area (Å²) in [5, 5.41) is 12.9. The van der Waals surface area contributed by atoms with Crippen molar-refractivity contribution in [3.63, 3.8) is 0 Å². The highest BCUT2D eigenvalue weighted by atomic mass is 16.5. The van der Waals surface area contributed by atoms with E-state index in [4.69, 9.17) is 4.74 Å². The molecule has 0 bridgehead atoms. The van der Waals surface area contributed by atoms with Crippen LogP contribution in [-0.2, 0) is 9.53 Å². The molecule has 0 aliphatic rings. The van der Waals surface area contributed by atoms with E-state index in [0.717, 1.165) is 6.42 Å². The zero-order valence-corrected chi connectivity index (χ0v) is 12.0. The SMILES string of the molecule is COC(=O)C(C)(C)CNCC(O)CC(C)(C)C. The molecule has 1 unspecified atom stereocenters. The smallest absolute Gasteiger partial charge is 0.312 e. The zero-order valence-electron chi connectivity index (χ0n) is 12.0. The van der Waals surface area contributed by atoms with Crippen LogP contribution in [0.3, 0.4) is 0 Å². The van der Waals surface area contributed by atoms with Crippen LogP contribution >= 0.6 is 0 Å². The molecule has 4 nitrogen and oxygen atoms in total. The van der Waals surface area contributed by atoms with Gasteiger partial charge >= 0.3 is 5.97 Å². The summed E-state index contributed by atoms with van der Waals surface area (Å²) in [4.78, 5) is 11.4. The van der Waals surface area contributed by atoms with E-state index >= 15 is 0 Å². The molecule has 0 spiro atoms. The quantitative estimate of drug-likeness (QED) is 0.697. The van der Waals surface area contributed by atoms with Gasteiger partial charge in [-0.2, -0.15) is 0 Å². The molecular formula is C13H27NO3. The van der Waals surface area contributed by atoms with Gasteiger partial charge in [0, 0.05) is 13.1 Å². The Morgan fingerprint density at radius 3 is 2.24 bits per heavy atom. The number of nitrogens with one attached hydrogen (secondary N) is 1. The molecule has 17 heavy (non-hydrogen) atoms. The summed E-state index contributed by atoms with van der Waals surface area (Å²) in [5.74, 6) is -0.240. The van der Waals surface area contributed by atoms with Crippen LogP contribution in [0, 0.1) is 10.8 Å². The van der Waals surface area contributed by atoms with Crippen molar-refractivity contribution in [2.75, 3.05) is 20.2 Å². The van der Waals surface area contributed by atoms with Gasteiger partial charge in [0.05, 0.1) is 18.6 Å². The van der Waals surface area contributed by atoms with Gasteiger partial charge in [-0.05, 0) is 25.7 Å². The maximum absolute atomic E-state index is 11.4. The van der Waals surface area contributed by atoms with Crippen molar-refractivity contribution in [2.45, 2.75) is 47.1 Å². The van der Waals surface area contributed by atoms with E-state index in [0.29, 0.717) is 13.1 Å². The van der Waals surface area contributed by atoms with Crippen LogP contribution in [-0.4, -0.2) is 37.4 Å². The Morgan fingerprint density at radius 2 is 1.82 bits per heavy atom. The Hall–Kier alpha value is -0.610. The molecule has 0 radical (unpaired) electrons. The number of aliphatic hydroxyl groups excluding tert-OH is 1. The van der Waals surface area contributed by atoms with Crippen molar-refractivity contribution in [1.82, 2.24) is 5.32 Å². The monoisotopic (exact) mass is 245 g/mol. The van der Waals surface area contributed by atoms with Gasteiger partial charge in [0.2, 0.25) is 0 Å². The fraction of sp³-hybridized carbons (Fsp3) is 0.923. The lowest BCUT2D eigenvalue weighted by Gasteiger charge is -2.25. The van der Waals surface area contributed by atoms with Crippen molar-refractivity contribution in [3.8, 4) is 0 Å². The number of carbonyl (C=O) groups excluding carboxylic acids is 1. The molecule has 0 aliphatic carbocycles. The number of ether oxygens (including phenoxy) is 1. The first-order chi connectivity index (χ1) is 7.58. The minimum Gasteiger partial charge on any atom is -0.469 e. The van der Waals surface area contributed by atoms with Gasteiger partial charge < -0.3 is 15.2 Å². The zero-order chi connectivity index (χ0) is 13.7. The Labute approximate surface area is 105 Å². The number of hydrogen-bond donors (Lipinski definition) is 2. The lowest BCUT2D eigenvalue weighted by molar-refractivity contribution is -0.150. The number of rotatable bonds is 6. The van der Waals surface area contributed by atoms with E-state index in [1.807, 2.05) is 13.8 Å². The lowest BCUT2D eigenvalue weighted by Crippen LogP contribution is -2.40. The van der Waals surface area contributed by atoms with Crippen LogP contribution in [0.5, 0.6) is 0 Å². The maximum atomic E-state index is 11.4. The van der Waals surface area contributed by atoms with E-state index in [1.54, 1.807) is 0 Å². The van der Waals surface area contributed by atoms with Crippen molar-refractivity contribution < 1.29 is 14.6 Å². The van der Waals surface area contributed by atoms with Crippen molar-refractivity contribution in [3.05, 3.63) is 0 Å². The van der Waals surface area contributed by atoms with Crippen LogP contribution in [0.1, 0.15) is 41.0 Å². The van der Waals surface area contributed by atoms with Crippen LogP contribution in [0.2, 0.25) is 0 Å². The number of methoxy groups -OCH3 is 1. The number of aliphatic hydroxyl groups is 1. The van der Waals surface area contributed by atoms with Gasteiger partial charge in [0.25, 0.3) is 0 Å². The van der Waals surface area contributed by atoms with Crippen molar-refractivity contribution in [2.24, 2.45) is 10.8 Å². The molecule has 0 saturated heterocycles. The third-order valence-corrected chi connectivity index (χ3v) is 2.53. The Morgan fingerprint density at radius 1 is 1.29 bits per heavy atom. The minimum atomic E-state index is -0.559. The Bertz CT molecular complexity index is 244. The standard InChI is InChI=1S/C13H27NO3/c1-12(2,3)7-10(15)8-14-9-13(4,5)11(16)17-6/h10,14-15H,7-9H2,1-6H3. The molecule has 0 heterocycles. The molecule has 102 valence electrons. The fourth-order valence-electron chi connectivity index (χ4n) is 1.68. The van der Waals surface area contributed by atoms with Gasteiger partial charge in [-0.25, -0.2) is 0 Å². The molecule has 0 aromatic heterocycles. The summed E-state index contributed by atoms with van der Waals surface area (Å²) in [5.41, 5.74) is -0.449. The molecule has 0 amide bonds. The summed E-state index contributed by atoms with van der Waals surface area (Å²) in [6, 6.07) is 0. The molecule has 2 N–H and O–H groups in total. The number of hydrogen-bond acceptors (Lipinski definition) is 4. The summed E-state index contributed by atoms with van der Waals surface area (Å²) < 4.78 is 4.71. The van der Waals surface area contributed by atoms with Crippen molar-refractivity contribution >= 4 is 5.97 Å². The van der Waals surface area contributed by atoms with Gasteiger partial charge in [0.1, 0.15) is 0 Å². The summed E-state index contributed by atoms with van der Waals surface area (Å²) in [7, 11) is 1.39. The lowest BCUT2D eigenvalue weighted by atomic mass is 9.89. The van der Waals surface area contributed by atoms with Gasteiger partial charge in [0.15, 0.2) is 0 Å². The summed E-state index contributed by atoms with van der Waals surface area (Å²) in [6.07, 6.45) is 0.349. The van der Waals surface area contributed by atoms with Crippen LogP contribution in [0.25, 0.3) is 0 Å². The highest BCUT2D eigenvalue weighted by molar-refractivity contribution is 5.76. The molecular weight excluding hydrogens is 218 g/mol. The van der Waals surface area contributed by atoms with E-state index in [1.165, 1.54) is 7.11 Å². The molecule has 4 heteroatoms. The minimum absolute atomic E-state index is 0.110. The largest absolute Gasteiger partial charge is 0.469 e. The predicted molar refractivity (Wildman–Crippen MR) is 68.7 cm³/mol.